The summed E-state index contributed by atoms with van der Waals surface area (Å²) in [6, 6.07) is 0. The van der Waals surface area contributed by atoms with E-state index >= 15 is 0 Å². The van der Waals surface area contributed by atoms with Crippen LogP contribution in [0.2, 0.25) is 0 Å². The summed E-state index contributed by atoms with van der Waals surface area (Å²) in [5, 5.41) is 0. The van der Waals surface area contributed by atoms with Gasteiger partial charge in [0.05, 0.1) is 0 Å². The van der Waals surface area contributed by atoms with Crippen molar-refractivity contribution in [2.45, 2.75) is 44.9 Å². The Kier molecular flexibility index (Phi) is 0.875. The molecule has 60 valence electrons. The number of rotatable bonds is 0. The summed E-state index contributed by atoms with van der Waals surface area (Å²) in [4.78, 5) is 11.6. The highest BCUT2D eigenvalue weighted by Crippen LogP contribution is 2.74. The summed E-state index contributed by atoms with van der Waals surface area (Å²) in [5.74, 6) is 0.612. The van der Waals surface area contributed by atoms with Crippen molar-refractivity contribution >= 4 is 5.78 Å². The fraction of sp³-hybridized carbons (Fsp3) is 0.900. The lowest BCUT2D eigenvalue weighted by Crippen LogP contribution is -2.31. The van der Waals surface area contributed by atoms with Gasteiger partial charge in [-0.1, -0.05) is 0 Å². The minimum absolute atomic E-state index is 0.255. The minimum Gasteiger partial charge on any atom is -0.299 e. The first-order valence-electron chi connectivity index (χ1n) is 4.83. The Balaban J connectivity index is 1.99. The summed E-state index contributed by atoms with van der Waals surface area (Å²) in [6.45, 7) is 0. The van der Waals surface area contributed by atoms with E-state index in [1.165, 1.54) is 38.5 Å². The molecule has 0 N–H and O–H groups in total. The normalized spacial score (nSPS) is 36.2. The largest absolute Gasteiger partial charge is 0.299 e. The fourth-order valence-electron chi connectivity index (χ4n) is 3.18. The first-order valence-corrected chi connectivity index (χ1v) is 4.83. The lowest BCUT2D eigenvalue weighted by Gasteiger charge is -2.30. The van der Waals surface area contributed by atoms with Crippen LogP contribution in [0.5, 0.6) is 0 Å². The molecule has 0 amide bonds. The zero-order valence-corrected chi connectivity index (χ0v) is 6.86. The van der Waals surface area contributed by atoms with Gasteiger partial charge in [-0.25, -0.2) is 0 Å². The maximum Gasteiger partial charge on any atom is 0.139 e. The molecule has 3 aliphatic rings. The zero-order chi connectivity index (χ0) is 7.53. The van der Waals surface area contributed by atoms with Crippen molar-refractivity contribution in [3.05, 3.63) is 0 Å². The van der Waals surface area contributed by atoms with Gasteiger partial charge >= 0.3 is 0 Å². The van der Waals surface area contributed by atoms with E-state index in [1.54, 1.807) is 0 Å². The van der Waals surface area contributed by atoms with E-state index in [0.717, 1.165) is 6.42 Å². The summed E-state index contributed by atoms with van der Waals surface area (Å²) < 4.78 is 0. The quantitative estimate of drug-likeness (QED) is 0.518. The van der Waals surface area contributed by atoms with Crippen LogP contribution in [0.15, 0.2) is 0 Å². The molecule has 0 heterocycles. The standard InChI is InChI=1S/C10H14O/c11-8-2-1-3-9(4-5-9)10(8)6-7-10/h1-7H2. The Bertz CT molecular complexity index is 221. The number of carbonyl (C=O) groups excluding carboxylic acids is 1. The van der Waals surface area contributed by atoms with Crippen LogP contribution in [0.4, 0.5) is 0 Å². The van der Waals surface area contributed by atoms with E-state index in [0.29, 0.717) is 11.2 Å². The second-order valence-corrected chi connectivity index (χ2v) is 4.64. The van der Waals surface area contributed by atoms with E-state index in [4.69, 9.17) is 0 Å². The minimum atomic E-state index is 0.255. The van der Waals surface area contributed by atoms with Gasteiger partial charge in [0.25, 0.3) is 0 Å². The third kappa shape index (κ3) is 0.567. The topological polar surface area (TPSA) is 17.1 Å². The van der Waals surface area contributed by atoms with Crippen molar-refractivity contribution in [2.24, 2.45) is 10.8 Å². The van der Waals surface area contributed by atoms with Gasteiger partial charge in [0.2, 0.25) is 0 Å². The van der Waals surface area contributed by atoms with Gasteiger partial charge in [0.15, 0.2) is 0 Å². The number of hydrogen-bond acceptors (Lipinski definition) is 1. The van der Waals surface area contributed by atoms with Crippen LogP contribution in [0.3, 0.4) is 0 Å². The van der Waals surface area contributed by atoms with Crippen LogP contribution in [0, 0.1) is 10.8 Å². The number of fused-ring (bicyclic) bond motifs is 1. The number of hydrogen-bond donors (Lipinski definition) is 0. The Hall–Kier alpha value is -0.330. The molecule has 0 aromatic heterocycles. The molecule has 0 aliphatic heterocycles. The van der Waals surface area contributed by atoms with Crippen molar-refractivity contribution in [2.75, 3.05) is 0 Å². The first kappa shape index (κ1) is 6.22. The van der Waals surface area contributed by atoms with E-state index < -0.39 is 0 Å². The maximum absolute atomic E-state index is 11.6. The van der Waals surface area contributed by atoms with Crippen LogP contribution < -0.4 is 0 Å². The average Bonchev–Trinajstić information content (AvgIpc) is 2.79. The van der Waals surface area contributed by atoms with Crippen molar-refractivity contribution in [1.29, 1.82) is 0 Å². The summed E-state index contributed by atoms with van der Waals surface area (Å²) in [6.07, 6.45) is 8.61. The third-order valence-electron chi connectivity index (χ3n) is 4.21. The van der Waals surface area contributed by atoms with E-state index in [2.05, 4.69) is 0 Å². The molecule has 11 heavy (non-hydrogen) atoms. The Labute approximate surface area is 67.2 Å². The molecule has 3 saturated carbocycles. The van der Waals surface area contributed by atoms with Gasteiger partial charge in [-0.3, -0.25) is 4.79 Å². The third-order valence-corrected chi connectivity index (χ3v) is 4.21. The molecule has 0 atom stereocenters. The molecular weight excluding hydrogens is 136 g/mol. The summed E-state index contributed by atoms with van der Waals surface area (Å²) in [5.41, 5.74) is 0.813. The highest BCUT2D eigenvalue weighted by atomic mass is 16.1. The summed E-state index contributed by atoms with van der Waals surface area (Å²) >= 11 is 0. The first-order chi connectivity index (χ1) is 5.29. The van der Waals surface area contributed by atoms with Gasteiger partial charge < -0.3 is 0 Å². The molecule has 0 radical (unpaired) electrons. The highest BCUT2D eigenvalue weighted by Gasteiger charge is 2.69. The molecule has 3 aliphatic carbocycles. The zero-order valence-electron chi connectivity index (χ0n) is 6.86. The molecule has 1 nitrogen and oxygen atoms in total. The molecule has 2 spiro atoms. The molecule has 0 aromatic carbocycles. The molecular formula is C10H14O. The second-order valence-electron chi connectivity index (χ2n) is 4.64. The predicted octanol–water partition coefficient (Wildman–Crippen LogP) is 2.30. The molecule has 1 heteroatoms. The average molecular weight is 150 g/mol. The van der Waals surface area contributed by atoms with Gasteiger partial charge in [0, 0.05) is 11.8 Å². The lowest BCUT2D eigenvalue weighted by molar-refractivity contribution is -0.129. The fourth-order valence-corrected chi connectivity index (χ4v) is 3.18. The van der Waals surface area contributed by atoms with Gasteiger partial charge in [0.1, 0.15) is 5.78 Å². The number of Topliss-reactive ketones (excluding diaryl/α,β-unsaturated/α-hetero) is 1. The van der Waals surface area contributed by atoms with Crippen LogP contribution >= 0.6 is 0 Å². The lowest BCUT2D eigenvalue weighted by atomic mass is 9.72. The van der Waals surface area contributed by atoms with Crippen molar-refractivity contribution in [1.82, 2.24) is 0 Å². The van der Waals surface area contributed by atoms with Gasteiger partial charge in [-0.2, -0.15) is 0 Å². The Morgan fingerprint density at radius 2 is 1.73 bits per heavy atom. The molecule has 0 saturated heterocycles. The van der Waals surface area contributed by atoms with Crippen molar-refractivity contribution < 1.29 is 4.79 Å². The molecule has 0 bridgehead atoms. The van der Waals surface area contributed by atoms with E-state index in [1.807, 2.05) is 0 Å². The van der Waals surface area contributed by atoms with Gasteiger partial charge in [-0.05, 0) is 43.9 Å². The van der Waals surface area contributed by atoms with Crippen LogP contribution in [0.1, 0.15) is 44.9 Å². The molecule has 3 fully saturated rings. The van der Waals surface area contributed by atoms with Crippen molar-refractivity contribution in [3.8, 4) is 0 Å². The van der Waals surface area contributed by atoms with Crippen molar-refractivity contribution in [3.63, 3.8) is 0 Å². The number of carbonyl (C=O) groups is 1. The predicted molar refractivity (Wildman–Crippen MR) is 42.2 cm³/mol. The summed E-state index contributed by atoms with van der Waals surface area (Å²) in [7, 11) is 0. The monoisotopic (exact) mass is 150 g/mol. The smallest absolute Gasteiger partial charge is 0.139 e. The van der Waals surface area contributed by atoms with Gasteiger partial charge in [-0.15, -0.1) is 0 Å². The SMILES string of the molecule is O=C1CCCC2(CC2)C12CC2. The van der Waals surface area contributed by atoms with Crippen LogP contribution in [-0.4, -0.2) is 5.78 Å². The van der Waals surface area contributed by atoms with E-state index in [-0.39, 0.29) is 5.41 Å². The van der Waals surface area contributed by atoms with E-state index in [9.17, 15) is 4.79 Å². The van der Waals surface area contributed by atoms with Crippen LogP contribution in [0.25, 0.3) is 0 Å². The molecule has 0 unspecified atom stereocenters. The Morgan fingerprint density at radius 1 is 1.00 bits per heavy atom. The second kappa shape index (κ2) is 1.55. The maximum atomic E-state index is 11.6. The molecule has 0 aromatic rings. The van der Waals surface area contributed by atoms with Crippen LogP contribution in [-0.2, 0) is 4.79 Å². The number of ketones is 1. The Morgan fingerprint density at radius 3 is 2.18 bits per heavy atom. The molecule has 3 rings (SSSR count). The highest BCUT2D eigenvalue weighted by molar-refractivity contribution is 5.89.